The molecule has 0 saturated heterocycles. The van der Waals surface area contributed by atoms with Gasteiger partial charge in [0.05, 0.1) is 0 Å². The molecule has 0 heterocycles. The first-order valence-electron chi connectivity index (χ1n) is 7.02. The highest BCUT2D eigenvalue weighted by Gasteiger charge is 2.09. The molecule has 0 aliphatic rings. The van der Waals surface area contributed by atoms with Crippen LogP contribution in [0.2, 0.25) is 31.7 Å². The molecule has 0 saturated carbocycles. The monoisotopic (exact) mass is 264 g/mol. The molecule has 0 aromatic heterocycles. The summed E-state index contributed by atoms with van der Waals surface area (Å²) < 4.78 is 0. The fourth-order valence-electron chi connectivity index (χ4n) is 1.86. The fourth-order valence-corrected chi connectivity index (χ4v) is 5.59. The Labute approximate surface area is 118 Å². The van der Waals surface area contributed by atoms with Crippen LogP contribution in [-0.2, 0) is 0 Å². The van der Waals surface area contributed by atoms with E-state index in [0.29, 0.717) is 0 Å². The summed E-state index contributed by atoms with van der Waals surface area (Å²) in [6.07, 6.45) is 6.05. The molecule has 17 heavy (non-hydrogen) atoms. The molecule has 0 nitrogen and oxygen atoms in total. The Morgan fingerprint density at radius 2 is 0.941 bits per heavy atom. The van der Waals surface area contributed by atoms with Crippen LogP contribution in [-0.4, -0.2) is 28.3 Å². The van der Waals surface area contributed by atoms with Gasteiger partial charge in [0.25, 0.3) is 28.3 Å². The van der Waals surface area contributed by atoms with E-state index < -0.39 is 14.1 Å². The van der Waals surface area contributed by atoms with E-state index in [1.807, 2.05) is 18.2 Å². The van der Waals surface area contributed by atoms with E-state index in [2.05, 4.69) is 40.5 Å². The molecule has 0 aliphatic heterocycles. The second-order valence-electron chi connectivity index (χ2n) is 4.53. The van der Waals surface area contributed by atoms with E-state index >= 15 is 0 Å². The average molecular weight is 264 g/mol. The van der Waals surface area contributed by atoms with Gasteiger partial charge in [0.15, 0.2) is 0 Å². The quantitative estimate of drug-likeness (QED) is 0.376. The van der Waals surface area contributed by atoms with Crippen molar-refractivity contribution in [3.05, 3.63) is 38.0 Å². The summed E-state index contributed by atoms with van der Waals surface area (Å²) in [4.78, 5) is 0. The van der Waals surface area contributed by atoms with Crippen LogP contribution in [0.15, 0.2) is 38.0 Å². The SMILES string of the molecule is C=C[CH2][Al]([CH2]C=C)[CH2]C=C.C[CH2][Al]([CH2]C)[CH2]C. The van der Waals surface area contributed by atoms with E-state index in [1.165, 1.54) is 31.7 Å². The summed E-state index contributed by atoms with van der Waals surface area (Å²) in [6.45, 7) is 18.2. The van der Waals surface area contributed by atoms with Crippen LogP contribution in [0.5, 0.6) is 0 Å². The number of allylic oxidation sites excluding steroid dienone is 3. The normalized spacial score (nSPS) is 8.65. The maximum atomic E-state index is 3.73. The summed E-state index contributed by atoms with van der Waals surface area (Å²) in [5.74, 6) is 0. The first kappa shape index (κ1) is 19.6. The van der Waals surface area contributed by atoms with Gasteiger partial charge < -0.3 is 0 Å². The fraction of sp³-hybridized carbons (Fsp3) is 0.600. The molecule has 0 N–H and O–H groups in total. The van der Waals surface area contributed by atoms with Crippen molar-refractivity contribution in [1.29, 1.82) is 0 Å². The third-order valence-corrected chi connectivity index (χ3v) is 9.70. The molecule has 0 aromatic rings. The molecular formula is C15H30Al2. The van der Waals surface area contributed by atoms with Crippen LogP contribution in [0.3, 0.4) is 0 Å². The average Bonchev–Trinajstić information content (AvgIpc) is 2.33. The zero-order chi connectivity index (χ0) is 13.5. The summed E-state index contributed by atoms with van der Waals surface area (Å²) in [5, 5.41) is 8.10. The van der Waals surface area contributed by atoms with Gasteiger partial charge in [-0.3, -0.25) is 0 Å². The van der Waals surface area contributed by atoms with Crippen molar-refractivity contribution in [2.75, 3.05) is 0 Å². The summed E-state index contributed by atoms with van der Waals surface area (Å²) in [6, 6.07) is 0. The van der Waals surface area contributed by atoms with Crippen LogP contribution in [0.25, 0.3) is 0 Å². The molecule has 0 aromatic carbocycles. The van der Waals surface area contributed by atoms with Gasteiger partial charge in [-0.25, -0.2) is 0 Å². The van der Waals surface area contributed by atoms with Crippen molar-refractivity contribution in [2.24, 2.45) is 0 Å². The maximum absolute atomic E-state index is 3.73. The topological polar surface area (TPSA) is 0 Å². The van der Waals surface area contributed by atoms with Crippen molar-refractivity contribution in [2.45, 2.75) is 52.5 Å². The van der Waals surface area contributed by atoms with E-state index in [-0.39, 0.29) is 14.1 Å². The minimum atomic E-state index is -0.588. The lowest BCUT2D eigenvalue weighted by Crippen LogP contribution is -2.07. The van der Waals surface area contributed by atoms with Gasteiger partial charge >= 0.3 is 0 Å². The minimum absolute atomic E-state index is 0.171. The van der Waals surface area contributed by atoms with Gasteiger partial charge in [-0.1, -0.05) is 52.5 Å². The molecule has 0 unspecified atom stereocenters. The third-order valence-electron chi connectivity index (χ3n) is 3.23. The van der Waals surface area contributed by atoms with Crippen molar-refractivity contribution < 1.29 is 0 Å². The van der Waals surface area contributed by atoms with Crippen LogP contribution < -0.4 is 0 Å². The Kier molecular flexibility index (Phi) is 18.8. The predicted octanol–water partition coefficient (Wildman–Crippen LogP) is 5.58. The standard InChI is InChI=1S/3C3H5.3C2H5.2Al/c3*1-3-2;3*1-2;;/h3*3H,1-2H2;3*1H2,2H3;;. The number of hydrogen-bond acceptors (Lipinski definition) is 0. The molecule has 0 fully saturated rings. The zero-order valence-corrected chi connectivity index (χ0v) is 14.6. The van der Waals surface area contributed by atoms with E-state index in [1.54, 1.807) is 0 Å². The van der Waals surface area contributed by atoms with Crippen molar-refractivity contribution in [3.63, 3.8) is 0 Å². The molecule has 96 valence electrons. The molecular weight excluding hydrogens is 234 g/mol. The van der Waals surface area contributed by atoms with Crippen LogP contribution in [0, 0.1) is 0 Å². The van der Waals surface area contributed by atoms with E-state index in [9.17, 15) is 0 Å². The van der Waals surface area contributed by atoms with Gasteiger partial charge in [0.1, 0.15) is 0 Å². The van der Waals surface area contributed by atoms with Gasteiger partial charge in [0.2, 0.25) is 0 Å². The summed E-state index contributed by atoms with van der Waals surface area (Å²) in [7, 11) is 0. The molecule has 0 amide bonds. The first-order valence-corrected chi connectivity index (χ1v) is 11.9. The molecule has 0 radical (unpaired) electrons. The summed E-state index contributed by atoms with van der Waals surface area (Å²) in [5.41, 5.74) is 0. The maximum Gasteiger partial charge on any atom is 0.274 e. The Morgan fingerprint density at radius 3 is 1.06 bits per heavy atom. The predicted molar refractivity (Wildman–Crippen MR) is 88.0 cm³/mol. The molecule has 0 bridgehead atoms. The zero-order valence-electron chi connectivity index (χ0n) is 12.3. The van der Waals surface area contributed by atoms with Crippen molar-refractivity contribution >= 4 is 28.3 Å². The Bertz CT molecular complexity index is 154. The van der Waals surface area contributed by atoms with Crippen molar-refractivity contribution in [3.8, 4) is 0 Å². The molecule has 0 rings (SSSR count). The van der Waals surface area contributed by atoms with Crippen molar-refractivity contribution in [1.82, 2.24) is 0 Å². The lowest BCUT2D eigenvalue weighted by molar-refractivity contribution is 1.24. The van der Waals surface area contributed by atoms with Crippen LogP contribution in [0.1, 0.15) is 20.8 Å². The Hall–Kier alpha value is 0.285. The summed E-state index contributed by atoms with van der Waals surface area (Å²) >= 11 is -0.759. The number of rotatable bonds is 9. The first-order chi connectivity index (χ1) is 8.19. The highest BCUT2D eigenvalue weighted by atomic mass is 27.2. The number of hydrogen-bond donors (Lipinski definition) is 0. The van der Waals surface area contributed by atoms with Gasteiger partial charge in [-0.2, -0.15) is 0 Å². The smallest absolute Gasteiger partial charge is 0.105 e. The second-order valence-corrected chi connectivity index (χ2v) is 11.9. The third kappa shape index (κ3) is 14.2. The lowest BCUT2D eigenvalue weighted by Gasteiger charge is -2.00. The Balaban J connectivity index is 0. The van der Waals surface area contributed by atoms with Gasteiger partial charge in [-0.05, 0) is 0 Å². The van der Waals surface area contributed by atoms with Crippen LogP contribution >= 0.6 is 0 Å². The molecule has 0 aliphatic carbocycles. The van der Waals surface area contributed by atoms with Gasteiger partial charge in [-0.15, -0.1) is 38.0 Å². The largest absolute Gasteiger partial charge is 0.274 e. The van der Waals surface area contributed by atoms with Gasteiger partial charge in [0, 0.05) is 0 Å². The molecule has 2 heteroatoms. The Morgan fingerprint density at radius 1 is 0.647 bits per heavy atom. The highest BCUT2D eigenvalue weighted by molar-refractivity contribution is 6.60. The van der Waals surface area contributed by atoms with Crippen LogP contribution in [0.4, 0.5) is 0 Å². The molecule has 0 atom stereocenters. The lowest BCUT2D eigenvalue weighted by atomic mass is 10.7. The van der Waals surface area contributed by atoms with E-state index in [4.69, 9.17) is 0 Å². The van der Waals surface area contributed by atoms with E-state index in [0.717, 1.165) is 0 Å². The highest BCUT2D eigenvalue weighted by Crippen LogP contribution is 2.06. The second kappa shape index (κ2) is 16.3. The molecule has 0 spiro atoms. The minimum Gasteiger partial charge on any atom is -0.105 e.